The molecule has 0 radical (unpaired) electrons. The summed E-state index contributed by atoms with van der Waals surface area (Å²) in [6, 6.07) is 19.4. The first-order valence-electron chi connectivity index (χ1n) is 9.79. The Morgan fingerprint density at radius 1 is 1.00 bits per heavy atom. The van der Waals surface area contributed by atoms with Gasteiger partial charge in [-0.2, -0.15) is 0 Å². The van der Waals surface area contributed by atoms with Crippen LogP contribution in [0.2, 0.25) is 0 Å². The van der Waals surface area contributed by atoms with Crippen molar-refractivity contribution in [2.75, 3.05) is 18.4 Å². The van der Waals surface area contributed by atoms with Gasteiger partial charge in [-0.05, 0) is 43.0 Å². The number of rotatable bonds is 4. The van der Waals surface area contributed by atoms with Gasteiger partial charge in [0.1, 0.15) is 5.76 Å². The van der Waals surface area contributed by atoms with E-state index < -0.39 is 0 Å². The number of aryl methyl sites for hydroxylation is 1. The SMILES string of the molecule is Cc1cc(NC(=O)C2CCN(C(=O)c3cccc(-c4ccccc4)c3)CC2)no1. The third-order valence-corrected chi connectivity index (χ3v) is 5.25. The Morgan fingerprint density at radius 3 is 2.41 bits per heavy atom. The average molecular weight is 389 g/mol. The lowest BCUT2D eigenvalue weighted by atomic mass is 9.95. The molecule has 0 unspecified atom stereocenters. The van der Waals surface area contributed by atoms with E-state index in [1.54, 1.807) is 13.0 Å². The normalized spacial score (nSPS) is 14.6. The molecule has 0 bridgehead atoms. The molecule has 1 aromatic heterocycles. The molecular weight excluding hydrogens is 366 g/mol. The Bertz CT molecular complexity index is 1000. The molecule has 0 saturated carbocycles. The zero-order valence-electron chi connectivity index (χ0n) is 16.3. The first-order valence-corrected chi connectivity index (χ1v) is 9.79. The largest absolute Gasteiger partial charge is 0.360 e. The number of aromatic nitrogens is 1. The second-order valence-electron chi connectivity index (χ2n) is 7.33. The molecule has 0 atom stereocenters. The van der Waals surface area contributed by atoms with Crippen molar-refractivity contribution < 1.29 is 14.1 Å². The number of carbonyl (C=O) groups is 2. The van der Waals surface area contributed by atoms with Gasteiger partial charge >= 0.3 is 0 Å². The predicted molar refractivity (Wildman–Crippen MR) is 110 cm³/mol. The summed E-state index contributed by atoms with van der Waals surface area (Å²) in [5, 5.41) is 6.58. The Kier molecular flexibility index (Phi) is 5.42. The van der Waals surface area contributed by atoms with Crippen LogP contribution in [0.25, 0.3) is 11.1 Å². The van der Waals surface area contributed by atoms with Crippen LogP contribution in [-0.4, -0.2) is 35.0 Å². The number of hydrogen-bond donors (Lipinski definition) is 1. The van der Waals surface area contributed by atoms with Crippen LogP contribution < -0.4 is 5.32 Å². The van der Waals surface area contributed by atoms with E-state index in [0.717, 1.165) is 11.1 Å². The van der Waals surface area contributed by atoms with Crippen LogP contribution in [0.4, 0.5) is 5.82 Å². The highest BCUT2D eigenvalue weighted by molar-refractivity contribution is 5.96. The van der Waals surface area contributed by atoms with E-state index >= 15 is 0 Å². The Labute approximate surface area is 169 Å². The topological polar surface area (TPSA) is 75.4 Å². The van der Waals surface area contributed by atoms with E-state index in [4.69, 9.17) is 4.52 Å². The monoisotopic (exact) mass is 389 g/mol. The van der Waals surface area contributed by atoms with E-state index in [2.05, 4.69) is 10.5 Å². The van der Waals surface area contributed by atoms with Gasteiger partial charge in [0.25, 0.3) is 5.91 Å². The van der Waals surface area contributed by atoms with Crippen LogP contribution in [0.5, 0.6) is 0 Å². The van der Waals surface area contributed by atoms with Crippen LogP contribution in [-0.2, 0) is 4.79 Å². The van der Waals surface area contributed by atoms with Crippen molar-refractivity contribution in [2.24, 2.45) is 5.92 Å². The van der Waals surface area contributed by atoms with Crippen molar-refractivity contribution in [3.05, 3.63) is 72.0 Å². The van der Waals surface area contributed by atoms with Gasteiger partial charge < -0.3 is 14.7 Å². The summed E-state index contributed by atoms with van der Waals surface area (Å²) in [7, 11) is 0. The fourth-order valence-corrected chi connectivity index (χ4v) is 3.64. The van der Waals surface area contributed by atoms with Gasteiger partial charge in [-0.25, -0.2) is 0 Å². The Morgan fingerprint density at radius 2 is 1.72 bits per heavy atom. The van der Waals surface area contributed by atoms with Crippen molar-refractivity contribution in [1.29, 1.82) is 0 Å². The molecule has 2 amide bonds. The maximum absolute atomic E-state index is 13.0. The lowest BCUT2D eigenvalue weighted by Gasteiger charge is -2.31. The Balaban J connectivity index is 1.37. The van der Waals surface area contributed by atoms with Gasteiger partial charge in [-0.3, -0.25) is 9.59 Å². The minimum atomic E-state index is -0.133. The second-order valence-corrected chi connectivity index (χ2v) is 7.33. The third-order valence-electron chi connectivity index (χ3n) is 5.25. The summed E-state index contributed by atoms with van der Waals surface area (Å²) in [4.78, 5) is 27.2. The number of piperidine rings is 1. The molecule has 29 heavy (non-hydrogen) atoms. The maximum Gasteiger partial charge on any atom is 0.253 e. The van der Waals surface area contributed by atoms with Gasteiger partial charge in [0.2, 0.25) is 5.91 Å². The predicted octanol–water partition coefficient (Wildman–Crippen LogP) is 4.14. The molecule has 4 rings (SSSR count). The molecular formula is C23H23N3O3. The van der Waals surface area contributed by atoms with Crippen molar-refractivity contribution in [1.82, 2.24) is 10.1 Å². The highest BCUT2D eigenvalue weighted by Gasteiger charge is 2.28. The van der Waals surface area contributed by atoms with Crippen molar-refractivity contribution in [3.8, 4) is 11.1 Å². The summed E-state index contributed by atoms with van der Waals surface area (Å²) in [6.07, 6.45) is 1.26. The molecule has 1 saturated heterocycles. The van der Waals surface area contributed by atoms with Crippen LogP contribution in [0.1, 0.15) is 29.0 Å². The number of amides is 2. The lowest BCUT2D eigenvalue weighted by Crippen LogP contribution is -2.41. The van der Waals surface area contributed by atoms with Crippen molar-refractivity contribution in [3.63, 3.8) is 0 Å². The number of nitrogens with one attached hydrogen (secondary N) is 1. The first-order chi connectivity index (χ1) is 14.1. The molecule has 6 heteroatoms. The molecule has 6 nitrogen and oxygen atoms in total. The van der Waals surface area contributed by atoms with Crippen LogP contribution in [0.15, 0.2) is 65.2 Å². The third kappa shape index (κ3) is 4.37. The summed E-state index contributed by atoms with van der Waals surface area (Å²) >= 11 is 0. The highest BCUT2D eigenvalue weighted by atomic mass is 16.5. The summed E-state index contributed by atoms with van der Waals surface area (Å²) in [5.74, 6) is 0.888. The molecule has 2 aromatic carbocycles. The molecule has 148 valence electrons. The smallest absolute Gasteiger partial charge is 0.253 e. The van der Waals surface area contributed by atoms with E-state index in [1.807, 2.05) is 59.5 Å². The molecule has 2 heterocycles. The van der Waals surface area contributed by atoms with Crippen LogP contribution in [0, 0.1) is 12.8 Å². The number of anilines is 1. The van der Waals surface area contributed by atoms with Gasteiger partial charge in [-0.15, -0.1) is 0 Å². The fourth-order valence-electron chi connectivity index (χ4n) is 3.64. The number of carbonyl (C=O) groups excluding carboxylic acids is 2. The minimum Gasteiger partial charge on any atom is -0.360 e. The Hall–Kier alpha value is -3.41. The first kappa shape index (κ1) is 18.9. The van der Waals surface area contributed by atoms with Gasteiger partial charge in [0, 0.05) is 30.6 Å². The van der Waals surface area contributed by atoms with Gasteiger partial charge in [0.15, 0.2) is 5.82 Å². The zero-order chi connectivity index (χ0) is 20.2. The number of benzene rings is 2. The van der Waals surface area contributed by atoms with E-state index in [-0.39, 0.29) is 17.7 Å². The summed E-state index contributed by atoms with van der Waals surface area (Å²) < 4.78 is 4.97. The van der Waals surface area contributed by atoms with Crippen molar-refractivity contribution >= 4 is 17.6 Å². The lowest BCUT2D eigenvalue weighted by molar-refractivity contribution is -0.121. The molecule has 3 aromatic rings. The molecule has 0 aliphatic carbocycles. The average Bonchev–Trinajstić information content (AvgIpc) is 3.18. The van der Waals surface area contributed by atoms with Gasteiger partial charge in [0.05, 0.1) is 0 Å². The summed E-state index contributed by atoms with van der Waals surface area (Å²) in [6.45, 7) is 2.90. The molecule has 0 spiro atoms. The molecule has 1 aliphatic heterocycles. The maximum atomic E-state index is 13.0. The van der Waals surface area contributed by atoms with E-state index in [1.165, 1.54) is 0 Å². The fraction of sp³-hybridized carbons (Fsp3) is 0.261. The standard InChI is InChI=1S/C23H23N3O3/c1-16-14-21(25-29-16)24-22(27)18-10-12-26(13-11-18)23(28)20-9-5-8-19(15-20)17-6-3-2-4-7-17/h2-9,14-15,18H,10-13H2,1H3,(H,24,25,27). The second kappa shape index (κ2) is 8.31. The van der Waals surface area contributed by atoms with Gasteiger partial charge in [-0.1, -0.05) is 47.6 Å². The number of hydrogen-bond acceptors (Lipinski definition) is 4. The van der Waals surface area contributed by atoms with Crippen LogP contribution in [0.3, 0.4) is 0 Å². The zero-order valence-corrected chi connectivity index (χ0v) is 16.3. The van der Waals surface area contributed by atoms with E-state index in [0.29, 0.717) is 43.1 Å². The highest BCUT2D eigenvalue weighted by Crippen LogP contribution is 2.24. The quantitative estimate of drug-likeness (QED) is 0.728. The summed E-state index contributed by atoms with van der Waals surface area (Å²) in [5.41, 5.74) is 2.78. The number of nitrogens with zero attached hydrogens (tertiary/aromatic N) is 2. The minimum absolute atomic E-state index is 0.00812. The number of likely N-dealkylation sites (tertiary alicyclic amines) is 1. The molecule has 1 aliphatic rings. The molecule has 1 N–H and O–H groups in total. The molecule has 1 fully saturated rings. The van der Waals surface area contributed by atoms with E-state index in [9.17, 15) is 9.59 Å². The van der Waals surface area contributed by atoms with Crippen molar-refractivity contribution in [2.45, 2.75) is 19.8 Å². The van der Waals surface area contributed by atoms with Crippen LogP contribution >= 0.6 is 0 Å².